The molecule has 180 valence electrons. The van der Waals surface area contributed by atoms with E-state index in [0.29, 0.717) is 24.7 Å². The molecule has 0 aliphatic heterocycles. The Morgan fingerprint density at radius 3 is 2.62 bits per heavy atom. The van der Waals surface area contributed by atoms with Crippen LogP contribution < -0.4 is 21.1 Å². The molecule has 4 N–H and O–H groups in total. The fourth-order valence-corrected chi connectivity index (χ4v) is 3.59. The number of nitrogens with one attached hydrogen (secondary N) is 2. The summed E-state index contributed by atoms with van der Waals surface area (Å²) in [4.78, 5) is 28.2. The van der Waals surface area contributed by atoms with Gasteiger partial charge in [0.15, 0.2) is 0 Å². The van der Waals surface area contributed by atoms with Crippen LogP contribution in [0, 0.1) is 6.92 Å². The first-order chi connectivity index (χ1) is 16.4. The zero-order valence-corrected chi connectivity index (χ0v) is 19.5. The molecule has 9 heteroatoms. The van der Waals surface area contributed by atoms with Crippen molar-refractivity contribution in [2.45, 2.75) is 45.1 Å². The van der Waals surface area contributed by atoms with Gasteiger partial charge in [-0.05, 0) is 49.6 Å². The summed E-state index contributed by atoms with van der Waals surface area (Å²) in [5.74, 6) is 1.78. The largest absolute Gasteiger partial charge is 0.497 e. The van der Waals surface area contributed by atoms with Crippen molar-refractivity contribution in [3.63, 3.8) is 0 Å². The Morgan fingerprint density at radius 2 is 1.91 bits per heavy atom. The average Bonchev–Trinajstić information content (AvgIpc) is 3.29. The maximum absolute atomic E-state index is 12.4. The van der Waals surface area contributed by atoms with Gasteiger partial charge in [-0.1, -0.05) is 41.4 Å². The minimum absolute atomic E-state index is 0.127. The van der Waals surface area contributed by atoms with E-state index in [4.69, 9.17) is 15.0 Å². The van der Waals surface area contributed by atoms with Gasteiger partial charge in [0.2, 0.25) is 17.6 Å². The first kappa shape index (κ1) is 24.8. The molecule has 2 aromatic carbocycles. The highest BCUT2D eigenvalue weighted by Gasteiger charge is 2.17. The molecule has 0 aliphatic rings. The standard InChI is InChI=1S/C25H31N5O4/c1-17-7-6-8-19(15-17)21(28-25(26)32)16-22(31)27-14-5-3-4-9-23-29-24(30-34-23)18-10-12-20(33-2)13-11-18/h6-8,10-13,15,21H,3-5,9,14,16H2,1-2H3,(H,27,31)(H3,26,28,32). The van der Waals surface area contributed by atoms with Gasteiger partial charge in [0.05, 0.1) is 19.6 Å². The second-order valence-electron chi connectivity index (χ2n) is 8.08. The Labute approximate surface area is 199 Å². The molecule has 3 rings (SSSR count). The number of primary amides is 1. The number of unbranched alkanes of at least 4 members (excludes halogenated alkanes) is 2. The van der Waals surface area contributed by atoms with E-state index in [1.807, 2.05) is 55.5 Å². The van der Waals surface area contributed by atoms with Crippen LogP contribution in [0.2, 0.25) is 0 Å². The molecule has 34 heavy (non-hydrogen) atoms. The molecule has 1 atom stereocenters. The molecule has 0 bridgehead atoms. The highest BCUT2D eigenvalue weighted by atomic mass is 16.5. The topological polar surface area (TPSA) is 132 Å². The number of benzene rings is 2. The Balaban J connectivity index is 1.37. The van der Waals surface area contributed by atoms with Gasteiger partial charge in [-0.15, -0.1) is 0 Å². The second-order valence-corrected chi connectivity index (χ2v) is 8.08. The molecule has 1 unspecified atom stereocenters. The van der Waals surface area contributed by atoms with E-state index in [1.54, 1.807) is 7.11 Å². The van der Waals surface area contributed by atoms with Crippen LogP contribution in [-0.4, -0.2) is 35.7 Å². The number of ether oxygens (including phenoxy) is 1. The van der Waals surface area contributed by atoms with Gasteiger partial charge in [-0.2, -0.15) is 4.98 Å². The van der Waals surface area contributed by atoms with Crippen molar-refractivity contribution in [3.05, 3.63) is 65.5 Å². The molecule has 3 amide bonds. The molecular weight excluding hydrogens is 434 g/mol. The normalized spacial score (nSPS) is 11.6. The molecule has 0 radical (unpaired) electrons. The maximum Gasteiger partial charge on any atom is 0.312 e. The van der Waals surface area contributed by atoms with E-state index in [9.17, 15) is 9.59 Å². The van der Waals surface area contributed by atoms with Gasteiger partial charge >= 0.3 is 6.03 Å². The molecule has 0 spiro atoms. The predicted molar refractivity (Wildman–Crippen MR) is 128 cm³/mol. The molecule has 1 aromatic heterocycles. The smallest absolute Gasteiger partial charge is 0.312 e. The van der Waals surface area contributed by atoms with E-state index in [0.717, 1.165) is 41.7 Å². The molecule has 0 saturated carbocycles. The van der Waals surface area contributed by atoms with Gasteiger partial charge in [0.1, 0.15) is 5.75 Å². The van der Waals surface area contributed by atoms with Crippen LogP contribution in [0.1, 0.15) is 48.7 Å². The number of nitrogens with zero attached hydrogens (tertiary/aromatic N) is 2. The molecule has 3 aromatic rings. The monoisotopic (exact) mass is 465 g/mol. The van der Waals surface area contributed by atoms with E-state index in [-0.39, 0.29) is 12.3 Å². The molecule has 9 nitrogen and oxygen atoms in total. The van der Waals surface area contributed by atoms with E-state index in [2.05, 4.69) is 20.8 Å². The van der Waals surface area contributed by atoms with Crippen molar-refractivity contribution in [1.82, 2.24) is 20.8 Å². The fraction of sp³-hybridized carbons (Fsp3) is 0.360. The molecular formula is C25H31N5O4. The first-order valence-electron chi connectivity index (χ1n) is 11.3. The summed E-state index contributed by atoms with van der Waals surface area (Å²) in [6.07, 6.45) is 3.40. The number of carbonyl (C=O) groups is 2. The number of hydrogen-bond donors (Lipinski definition) is 3. The van der Waals surface area contributed by atoms with Gasteiger partial charge in [-0.25, -0.2) is 4.79 Å². The third kappa shape index (κ3) is 7.61. The highest BCUT2D eigenvalue weighted by Crippen LogP contribution is 2.20. The quantitative estimate of drug-likeness (QED) is 0.350. The Hall–Kier alpha value is -3.88. The van der Waals surface area contributed by atoms with Gasteiger partial charge in [0.25, 0.3) is 0 Å². The number of aryl methyl sites for hydroxylation is 2. The molecule has 0 aliphatic carbocycles. The number of methoxy groups -OCH3 is 1. The SMILES string of the molecule is COc1ccc(-c2noc(CCCCCNC(=O)CC(NC(N)=O)c3cccc(C)c3)n2)cc1. The minimum atomic E-state index is -0.657. The number of rotatable bonds is 12. The van der Waals surface area contributed by atoms with Crippen LogP contribution in [0.3, 0.4) is 0 Å². The summed E-state index contributed by atoms with van der Waals surface area (Å²) in [6, 6.07) is 14.0. The summed E-state index contributed by atoms with van der Waals surface area (Å²) in [6.45, 7) is 2.51. The fourth-order valence-electron chi connectivity index (χ4n) is 3.59. The number of nitrogens with two attached hydrogens (primary N) is 1. The number of urea groups is 1. The number of aromatic nitrogens is 2. The lowest BCUT2D eigenvalue weighted by Gasteiger charge is -2.18. The number of carbonyl (C=O) groups excluding carboxylic acids is 2. The minimum Gasteiger partial charge on any atom is -0.497 e. The molecule has 0 saturated heterocycles. The first-order valence-corrected chi connectivity index (χ1v) is 11.3. The molecule has 1 heterocycles. The Morgan fingerprint density at radius 1 is 1.12 bits per heavy atom. The van der Waals surface area contributed by atoms with Gasteiger partial charge in [0, 0.05) is 18.5 Å². The number of amides is 3. The van der Waals surface area contributed by atoms with Crippen molar-refractivity contribution in [2.24, 2.45) is 5.73 Å². The van der Waals surface area contributed by atoms with Crippen LogP contribution in [0.25, 0.3) is 11.4 Å². The Bertz CT molecular complexity index is 1080. The summed E-state index contributed by atoms with van der Waals surface area (Å²) in [7, 11) is 1.62. The highest BCUT2D eigenvalue weighted by molar-refractivity contribution is 5.78. The molecule has 0 fully saturated rings. The average molecular weight is 466 g/mol. The summed E-state index contributed by atoms with van der Waals surface area (Å²) in [5.41, 5.74) is 8.06. The predicted octanol–water partition coefficient (Wildman–Crippen LogP) is 3.68. The van der Waals surface area contributed by atoms with E-state index in [1.165, 1.54) is 0 Å². The van der Waals surface area contributed by atoms with Crippen LogP contribution in [-0.2, 0) is 11.2 Å². The van der Waals surface area contributed by atoms with Gasteiger partial charge < -0.3 is 25.6 Å². The summed E-state index contributed by atoms with van der Waals surface area (Å²) < 4.78 is 10.5. The zero-order valence-electron chi connectivity index (χ0n) is 19.5. The lowest BCUT2D eigenvalue weighted by atomic mass is 10.0. The second kappa shape index (κ2) is 12.4. The zero-order chi connectivity index (χ0) is 24.3. The van der Waals surface area contributed by atoms with Gasteiger partial charge in [-0.3, -0.25) is 4.79 Å². The lowest BCUT2D eigenvalue weighted by Crippen LogP contribution is -2.36. The van der Waals surface area contributed by atoms with Crippen molar-refractivity contribution >= 4 is 11.9 Å². The third-order valence-corrected chi connectivity index (χ3v) is 5.36. The van der Waals surface area contributed by atoms with Crippen molar-refractivity contribution in [1.29, 1.82) is 0 Å². The van der Waals surface area contributed by atoms with Crippen molar-refractivity contribution < 1.29 is 18.8 Å². The van der Waals surface area contributed by atoms with Crippen LogP contribution in [0.15, 0.2) is 53.1 Å². The van der Waals surface area contributed by atoms with Crippen LogP contribution >= 0.6 is 0 Å². The van der Waals surface area contributed by atoms with E-state index < -0.39 is 12.1 Å². The Kier molecular flexibility index (Phi) is 9.02. The van der Waals surface area contributed by atoms with Crippen molar-refractivity contribution in [2.75, 3.05) is 13.7 Å². The third-order valence-electron chi connectivity index (χ3n) is 5.36. The maximum atomic E-state index is 12.4. The summed E-state index contributed by atoms with van der Waals surface area (Å²) in [5, 5.41) is 9.60. The van der Waals surface area contributed by atoms with Crippen LogP contribution in [0.5, 0.6) is 5.75 Å². The van der Waals surface area contributed by atoms with E-state index >= 15 is 0 Å². The van der Waals surface area contributed by atoms with Crippen molar-refractivity contribution in [3.8, 4) is 17.1 Å². The summed E-state index contributed by atoms with van der Waals surface area (Å²) >= 11 is 0. The number of hydrogen-bond acceptors (Lipinski definition) is 6. The van der Waals surface area contributed by atoms with Crippen LogP contribution in [0.4, 0.5) is 4.79 Å². The lowest BCUT2D eigenvalue weighted by molar-refractivity contribution is -0.121.